The minimum atomic E-state index is -0.0734. The molecule has 6 nitrogen and oxygen atoms in total. The Hall–Kier alpha value is -1.43. The Morgan fingerprint density at radius 3 is 3.19 bits per heavy atom. The van der Waals surface area contributed by atoms with Crippen molar-refractivity contribution in [2.75, 3.05) is 13.2 Å². The van der Waals surface area contributed by atoms with Crippen molar-refractivity contribution < 1.29 is 9.53 Å². The highest BCUT2D eigenvalue weighted by atomic mass is 16.5. The van der Waals surface area contributed by atoms with E-state index >= 15 is 0 Å². The number of carbonyl (C=O) groups excluding carboxylic acids is 1. The predicted octanol–water partition coefficient (Wildman–Crippen LogP) is 0.444. The van der Waals surface area contributed by atoms with Crippen molar-refractivity contribution in [3.05, 3.63) is 11.9 Å². The van der Waals surface area contributed by atoms with Gasteiger partial charge in [-0.05, 0) is 13.3 Å². The van der Waals surface area contributed by atoms with Crippen molar-refractivity contribution in [2.45, 2.75) is 32.4 Å². The minimum Gasteiger partial charge on any atom is -0.375 e. The van der Waals surface area contributed by atoms with Crippen LogP contribution in [0.15, 0.2) is 6.20 Å². The molecule has 1 aliphatic heterocycles. The Kier molecular flexibility index (Phi) is 3.19. The van der Waals surface area contributed by atoms with Crippen LogP contribution >= 0.6 is 0 Å². The number of aromatic nitrogens is 3. The first-order chi connectivity index (χ1) is 7.72. The fourth-order valence-electron chi connectivity index (χ4n) is 1.88. The molecule has 0 spiro atoms. The SMILES string of the molecule is CCC1COC(C)CN1C(=O)c1cn[nH]n1. The summed E-state index contributed by atoms with van der Waals surface area (Å²) in [4.78, 5) is 13.9. The number of ether oxygens (including phenoxy) is 1. The van der Waals surface area contributed by atoms with Gasteiger partial charge < -0.3 is 9.64 Å². The van der Waals surface area contributed by atoms with Crippen LogP contribution in [0.25, 0.3) is 0 Å². The maximum absolute atomic E-state index is 12.1. The van der Waals surface area contributed by atoms with Crippen LogP contribution in [0.3, 0.4) is 0 Å². The van der Waals surface area contributed by atoms with E-state index in [0.29, 0.717) is 18.8 Å². The van der Waals surface area contributed by atoms with Gasteiger partial charge in [-0.3, -0.25) is 4.79 Å². The largest absolute Gasteiger partial charge is 0.375 e. The summed E-state index contributed by atoms with van der Waals surface area (Å²) >= 11 is 0. The molecule has 88 valence electrons. The van der Waals surface area contributed by atoms with Gasteiger partial charge in [-0.2, -0.15) is 15.4 Å². The Morgan fingerprint density at radius 1 is 1.75 bits per heavy atom. The summed E-state index contributed by atoms with van der Waals surface area (Å²) in [6, 6.07) is 0.139. The second-order valence-electron chi connectivity index (χ2n) is 4.02. The van der Waals surface area contributed by atoms with Crippen molar-refractivity contribution in [1.82, 2.24) is 20.3 Å². The summed E-state index contributed by atoms with van der Waals surface area (Å²) in [6.07, 6.45) is 2.42. The zero-order valence-corrected chi connectivity index (χ0v) is 9.51. The molecule has 2 atom stereocenters. The quantitative estimate of drug-likeness (QED) is 0.791. The summed E-state index contributed by atoms with van der Waals surface area (Å²) in [7, 11) is 0. The molecule has 1 amide bonds. The number of nitrogens with one attached hydrogen (secondary N) is 1. The van der Waals surface area contributed by atoms with Gasteiger partial charge in [-0.25, -0.2) is 0 Å². The van der Waals surface area contributed by atoms with Crippen molar-refractivity contribution >= 4 is 5.91 Å². The van der Waals surface area contributed by atoms with Gasteiger partial charge >= 0.3 is 0 Å². The molecule has 1 saturated heterocycles. The molecule has 2 rings (SSSR count). The molecule has 0 bridgehead atoms. The summed E-state index contributed by atoms with van der Waals surface area (Å²) in [6.45, 7) is 5.23. The number of hydrogen-bond donors (Lipinski definition) is 1. The molecular formula is C10H16N4O2. The molecule has 6 heteroatoms. The molecule has 1 N–H and O–H groups in total. The second-order valence-corrected chi connectivity index (χ2v) is 4.02. The standard InChI is InChI=1S/C10H16N4O2/c1-3-8-6-16-7(2)5-14(8)10(15)9-4-11-13-12-9/h4,7-8H,3,5-6H2,1-2H3,(H,11,12,13). The Labute approximate surface area is 94.0 Å². The van der Waals surface area contributed by atoms with Gasteiger partial charge in [0.2, 0.25) is 0 Å². The predicted molar refractivity (Wildman–Crippen MR) is 56.9 cm³/mol. The first-order valence-corrected chi connectivity index (χ1v) is 5.50. The number of amides is 1. The van der Waals surface area contributed by atoms with Gasteiger partial charge in [0.15, 0.2) is 5.69 Å². The summed E-state index contributed by atoms with van der Waals surface area (Å²) in [5.41, 5.74) is 0.368. The highest BCUT2D eigenvalue weighted by Gasteiger charge is 2.30. The van der Waals surface area contributed by atoms with Crippen LogP contribution in [-0.4, -0.2) is 51.5 Å². The van der Waals surface area contributed by atoms with E-state index < -0.39 is 0 Å². The number of H-pyrrole nitrogens is 1. The van der Waals surface area contributed by atoms with Crippen molar-refractivity contribution in [2.24, 2.45) is 0 Å². The lowest BCUT2D eigenvalue weighted by molar-refractivity contribution is -0.0445. The molecule has 0 radical (unpaired) electrons. The molecule has 1 aromatic rings. The highest BCUT2D eigenvalue weighted by molar-refractivity contribution is 5.92. The molecular weight excluding hydrogens is 208 g/mol. The van der Waals surface area contributed by atoms with Gasteiger partial charge in [-0.1, -0.05) is 6.92 Å². The molecule has 0 saturated carbocycles. The maximum Gasteiger partial charge on any atom is 0.276 e. The van der Waals surface area contributed by atoms with Crippen LogP contribution in [0.5, 0.6) is 0 Å². The van der Waals surface area contributed by atoms with Gasteiger partial charge in [0.05, 0.1) is 24.9 Å². The fourth-order valence-corrected chi connectivity index (χ4v) is 1.88. The molecule has 2 unspecified atom stereocenters. The molecule has 1 aromatic heterocycles. The van der Waals surface area contributed by atoms with E-state index in [-0.39, 0.29) is 18.1 Å². The van der Waals surface area contributed by atoms with Crippen LogP contribution in [0.1, 0.15) is 30.8 Å². The maximum atomic E-state index is 12.1. The molecule has 2 heterocycles. The average Bonchev–Trinajstić information content (AvgIpc) is 2.81. The number of nitrogens with zero attached hydrogens (tertiary/aromatic N) is 3. The zero-order valence-electron chi connectivity index (χ0n) is 9.51. The van der Waals surface area contributed by atoms with Gasteiger partial charge in [0, 0.05) is 6.54 Å². The van der Waals surface area contributed by atoms with Crippen LogP contribution in [0.4, 0.5) is 0 Å². The van der Waals surface area contributed by atoms with Gasteiger partial charge in [0.1, 0.15) is 0 Å². The highest BCUT2D eigenvalue weighted by Crippen LogP contribution is 2.16. The third-order valence-corrected chi connectivity index (χ3v) is 2.83. The zero-order chi connectivity index (χ0) is 11.5. The van der Waals surface area contributed by atoms with E-state index in [1.54, 1.807) is 0 Å². The normalized spacial score (nSPS) is 25.8. The molecule has 0 aromatic carbocycles. The van der Waals surface area contributed by atoms with E-state index in [2.05, 4.69) is 15.4 Å². The monoisotopic (exact) mass is 224 g/mol. The molecule has 0 aliphatic carbocycles. The van der Waals surface area contributed by atoms with Crippen LogP contribution < -0.4 is 0 Å². The van der Waals surface area contributed by atoms with E-state index in [0.717, 1.165) is 6.42 Å². The number of rotatable bonds is 2. The molecule has 1 fully saturated rings. The lowest BCUT2D eigenvalue weighted by Crippen LogP contribution is -2.51. The Morgan fingerprint density at radius 2 is 2.56 bits per heavy atom. The number of carbonyl (C=O) groups is 1. The van der Waals surface area contributed by atoms with Crippen molar-refractivity contribution in [3.63, 3.8) is 0 Å². The minimum absolute atomic E-state index is 0.0734. The third kappa shape index (κ3) is 2.06. The van der Waals surface area contributed by atoms with Crippen molar-refractivity contribution in [1.29, 1.82) is 0 Å². The van der Waals surface area contributed by atoms with E-state index in [9.17, 15) is 4.79 Å². The molecule has 16 heavy (non-hydrogen) atoms. The van der Waals surface area contributed by atoms with E-state index in [1.807, 2.05) is 18.7 Å². The summed E-state index contributed by atoms with van der Waals surface area (Å²) in [5.74, 6) is -0.0734. The van der Waals surface area contributed by atoms with Crippen LogP contribution in [0, 0.1) is 0 Å². The van der Waals surface area contributed by atoms with Gasteiger partial charge in [0.25, 0.3) is 5.91 Å². The Bertz CT molecular complexity index is 352. The van der Waals surface area contributed by atoms with E-state index in [4.69, 9.17) is 4.74 Å². The lowest BCUT2D eigenvalue weighted by atomic mass is 10.1. The van der Waals surface area contributed by atoms with E-state index in [1.165, 1.54) is 6.20 Å². The first-order valence-electron chi connectivity index (χ1n) is 5.50. The summed E-state index contributed by atoms with van der Waals surface area (Å²) in [5, 5.41) is 9.93. The first kappa shape index (κ1) is 11.1. The number of aromatic amines is 1. The topological polar surface area (TPSA) is 71.1 Å². The van der Waals surface area contributed by atoms with Gasteiger partial charge in [-0.15, -0.1) is 0 Å². The fraction of sp³-hybridized carbons (Fsp3) is 0.700. The number of hydrogen-bond acceptors (Lipinski definition) is 4. The number of morpholine rings is 1. The Balaban J connectivity index is 2.13. The second kappa shape index (κ2) is 4.61. The lowest BCUT2D eigenvalue weighted by Gasteiger charge is -2.37. The van der Waals surface area contributed by atoms with Crippen LogP contribution in [-0.2, 0) is 4.74 Å². The summed E-state index contributed by atoms with van der Waals surface area (Å²) < 4.78 is 5.54. The average molecular weight is 224 g/mol. The van der Waals surface area contributed by atoms with Crippen LogP contribution in [0.2, 0.25) is 0 Å². The third-order valence-electron chi connectivity index (χ3n) is 2.83. The smallest absolute Gasteiger partial charge is 0.276 e. The van der Waals surface area contributed by atoms with Crippen molar-refractivity contribution in [3.8, 4) is 0 Å². The molecule has 1 aliphatic rings.